The van der Waals surface area contributed by atoms with Gasteiger partial charge in [0.25, 0.3) is 0 Å². The van der Waals surface area contributed by atoms with E-state index < -0.39 is 23.5 Å². The fraction of sp³-hybridized carbons (Fsp3) is 0.436. The van der Waals surface area contributed by atoms with Gasteiger partial charge < -0.3 is 24.0 Å². The minimum Gasteiger partial charge on any atom is -0.488 e. The van der Waals surface area contributed by atoms with Crippen molar-refractivity contribution in [2.45, 2.75) is 58.6 Å². The van der Waals surface area contributed by atoms with Gasteiger partial charge in [-0.2, -0.15) is 10.2 Å². The number of anilines is 2. The van der Waals surface area contributed by atoms with Crippen molar-refractivity contribution in [3.63, 3.8) is 0 Å². The molecule has 0 bridgehead atoms. The number of halogens is 2. The molecule has 4 unspecified atom stereocenters. The molecule has 4 atom stereocenters. The van der Waals surface area contributed by atoms with Crippen LogP contribution in [0.1, 0.15) is 45.7 Å². The van der Waals surface area contributed by atoms with Crippen LogP contribution in [0.2, 0.25) is 0 Å². The van der Waals surface area contributed by atoms with Gasteiger partial charge in [-0.25, -0.2) is 32.5 Å². The summed E-state index contributed by atoms with van der Waals surface area (Å²) in [4.78, 5) is 22.0. The van der Waals surface area contributed by atoms with Crippen molar-refractivity contribution in [1.29, 1.82) is 0 Å². The Balaban J connectivity index is 0.921. The molecule has 2 fully saturated rings. The first-order valence-corrected chi connectivity index (χ1v) is 18.2. The fourth-order valence-corrected chi connectivity index (χ4v) is 7.27. The molecule has 4 heterocycles. The highest BCUT2D eigenvalue weighted by Crippen LogP contribution is 2.37. The highest BCUT2D eigenvalue weighted by atomic mass is 19.1. The lowest BCUT2D eigenvalue weighted by Crippen LogP contribution is -2.46. The lowest BCUT2D eigenvalue weighted by Gasteiger charge is -2.37. The molecule has 12 nitrogen and oxygen atoms in total. The highest BCUT2D eigenvalue weighted by Gasteiger charge is 2.45. The molecule has 0 spiro atoms. The van der Waals surface area contributed by atoms with E-state index >= 15 is 0 Å². The first-order valence-electron chi connectivity index (χ1n) is 18.2. The van der Waals surface area contributed by atoms with E-state index in [1.54, 1.807) is 15.6 Å². The van der Waals surface area contributed by atoms with Crippen molar-refractivity contribution in [3.05, 3.63) is 113 Å². The molecule has 14 heteroatoms. The predicted octanol–water partition coefficient (Wildman–Crippen LogP) is 5.82. The molecule has 2 aromatic heterocycles. The van der Waals surface area contributed by atoms with E-state index in [9.17, 15) is 13.6 Å². The molecular formula is C39H46F2N8O4. The summed E-state index contributed by atoms with van der Waals surface area (Å²) in [5.74, 6) is 0.0395. The summed E-state index contributed by atoms with van der Waals surface area (Å²) in [6.45, 7) is 12.3. The van der Waals surface area contributed by atoms with Crippen LogP contribution < -0.4 is 20.2 Å². The van der Waals surface area contributed by atoms with E-state index in [1.165, 1.54) is 29.5 Å². The Labute approximate surface area is 307 Å². The van der Waals surface area contributed by atoms with Gasteiger partial charge in [0.2, 0.25) is 0 Å². The SMILES string of the molecule is CCC(C(C)C(C)C)n1ncn(-c2ccc(N3CCN(c4ccc(OCC5OCC(Cn6cncn6)(c6ccc(F)cc6F)O5)cc4)CC3)cc2)c1=O. The standard InChI is InChI=1S/C39H46F2N8O4/c1-5-36(28(4)27(2)3)49-38(50)48(26-44-49)32-9-7-30(8-10-32)45-16-18-46(19-17-45)31-11-13-33(14-12-31)51-21-37-52-23-39(53-37,22-47-25-42-24-43-47)34-15-6-29(40)20-35(34)41/h6-15,20,24-28,36-37H,5,16-19,21-23H2,1-4H3. The number of rotatable bonds is 13. The molecule has 280 valence electrons. The first kappa shape index (κ1) is 36.3. The molecule has 0 saturated carbocycles. The number of aromatic nitrogens is 6. The third kappa shape index (κ3) is 7.70. The van der Waals surface area contributed by atoms with Gasteiger partial charge in [0.05, 0.1) is 24.9 Å². The van der Waals surface area contributed by atoms with Gasteiger partial charge in [-0.05, 0) is 72.9 Å². The van der Waals surface area contributed by atoms with Gasteiger partial charge >= 0.3 is 5.69 Å². The largest absolute Gasteiger partial charge is 0.488 e. The maximum Gasteiger partial charge on any atom is 0.350 e. The topological polar surface area (TPSA) is 105 Å². The minimum absolute atomic E-state index is 0.0293. The highest BCUT2D eigenvalue weighted by molar-refractivity contribution is 5.54. The lowest BCUT2D eigenvalue weighted by atomic mass is 9.89. The Kier molecular flexibility index (Phi) is 10.6. The summed E-state index contributed by atoms with van der Waals surface area (Å²) in [6.07, 6.45) is 4.59. The molecule has 53 heavy (non-hydrogen) atoms. The zero-order valence-electron chi connectivity index (χ0n) is 30.5. The van der Waals surface area contributed by atoms with Gasteiger partial charge in [-0.15, -0.1) is 0 Å². The van der Waals surface area contributed by atoms with E-state index in [0.29, 0.717) is 17.6 Å². The summed E-state index contributed by atoms with van der Waals surface area (Å²) in [5.41, 5.74) is 1.84. The van der Waals surface area contributed by atoms with Crippen LogP contribution in [0.3, 0.4) is 0 Å². The Morgan fingerprint density at radius 2 is 1.55 bits per heavy atom. The molecular weight excluding hydrogens is 682 g/mol. The van der Waals surface area contributed by atoms with E-state index in [2.05, 4.69) is 64.8 Å². The van der Waals surface area contributed by atoms with Crippen LogP contribution in [0.15, 0.2) is 90.5 Å². The second-order valence-electron chi connectivity index (χ2n) is 14.2. The van der Waals surface area contributed by atoms with Gasteiger partial charge in [0.15, 0.2) is 6.29 Å². The molecule has 5 aromatic rings. The monoisotopic (exact) mass is 728 g/mol. The van der Waals surface area contributed by atoms with Gasteiger partial charge in [0.1, 0.15) is 48.6 Å². The summed E-state index contributed by atoms with van der Waals surface area (Å²) in [7, 11) is 0. The third-order valence-corrected chi connectivity index (χ3v) is 10.6. The number of ether oxygens (including phenoxy) is 3. The zero-order chi connectivity index (χ0) is 37.1. The Bertz CT molecular complexity index is 2010. The van der Waals surface area contributed by atoms with Crippen LogP contribution in [0.25, 0.3) is 5.69 Å². The van der Waals surface area contributed by atoms with Crippen LogP contribution in [0, 0.1) is 23.5 Å². The van der Waals surface area contributed by atoms with Gasteiger partial charge in [-0.3, -0.25) is 0 Å². The zero-order valence-corrected chi connectivity index (χ0v) is 30.5. The lowest BCUT2D eigenvalue weighted by molar-refractivity contribution is -0.117. The molecule has 2 aliphatic heterocycles. The number of hydrogen-bond donors (Lipinski definition) is 0. The quantitative estimate of drug-likeness (QED) is 0.148. The fourth-order valence-electron chi connectivity index (χ4n) is 7.27. The molecule has 0 amide bonds. The number of piperazine rings is 1. The van der Waals surface area contributed by atoms with E-state index in [-0.39, 0.29) is 37.1 Å². The number of nitrogens with zero attached hydrogens (tertiary/aromatic N) is 8. The maximum absolute atomic E-state index is 14.9. The van der Waals surface area contributed by atoms with Crippen molar-refractivity contribution in [2.24, 2.45) is 11.8 Å². The van der Waals surface area contributed by atoms with Crippen LogP contribution >= 0.6 is 0 Å². The van der Waals surface area contributed by atoms with E-state index in [0.717, 1.165) is 55.7 Å². The second-order valence-corrected chi connectivity index (χ2v) is 14.2. The van der Waals surface area contributed by atoms with Crippen LogP contribution in [0.4, 0.5) is 20.2 Å². The van der Waals surface area contributed by atoms with Gasteiger partial charge in [-0.1, -0.05) is 33.8 Å². The van der Waals surface area contributed by atoms with Crippen LogP contribution in [0.5, 0.6) is 5.75 Å². The molecule has 0 aliphatic carbocycles. The minimum atomic E-state index is -1.23. The van der Waals surface area contributed by atoms with E-state index in [4.69, 9.17) is 14.2 Å². The summed E-state index contributed by atoms with van der Waals surface area (Å²) in [5, 5.41) is 8.62. The summed E-state index contributed by atoms with van der Waals surface area (Å²) < 4.78 is 51.6. The average Bonchev–Trinajstić information content (AvgIpc) is 3.93. The second kappa shape index (κ2) is 15.5. The molecule has 0 radical (unpaired) electrons. The molecule has 0 N–H and O–H groups in total. The third-order valence-electron chi connectivity index (χ3n) is 10.6. The Morgan fingerprint density at radius 3 is 2.15 bits per heavy atom. The van der Waals surface area contributed by atoms with Crippen molar-refractivity contribution < 1.29 is 23.0 Å². The molecule has 7 rings (SSSR count). The summed E-state index contributed by atoms with van der Waals surface area (Å²) in [6, 6.07) is 19.5. The van der Waals surface area contributed by atoms with Crippen molar-refractivity contribution >= 4 is 11.4 Å². The Hall–Kier alpha value is -5.08. The number of hydrogen-bond acceptors (Lipinski definition) is 9. The van der Waals surface area contributed by atoms with E-state index in [1.807, 2.05) is 36.4 Å². The Morgan fingerprint density at radius 1 is 0.887 bits per heavy atom. The summed E-state index contributed by atoms with van der Waals surface area (Å²) >= 11 is 0. The predicted molar refractivity (Wildman–Crippen MR) is 196 cm³/mol. The van der Waals surface area contributed by atoms with Crippen molar-refractivity contribution in [1.82, 2.24) is 29.1 Å². The maximum atomic E-state index is 14.9. The average molecular weight is 729 g/mol. The smallest absolute Gasteiger partial charge is 0.350 e. The molecule has 2 saturated heterocycles. The van der Waals surface area contributed by atoms with Crippen LogP contribution in [-0.2, 0) is 21.6 Å². The first-order chi connectivity index (χ1) is 25.6. The normalized spacial score (nSPS) is 20.2. The van der Waals surface area contributed by atoms with Crippen LogP contribution in [-0.4, -0.2) is 74.8 Å². The number of benzene rings is 3. The van der Waals surface area contributed by atoms with Gasteiger partial charge in [0, 0.05) is 49.2 Å². The van der Waals surface area contributed by atoms with Crippen molar-refractivity contribution in [2.75, 3.05) is 49.2 Å². The molecule has 3 aromatic carbocycles. The molecule has 2 aliphatic rings. The van der Waals surface area contributed by atoms with Crippen molar-refractivity contribution in [3.8, 4) is 11.4 Å².